The number of carbonyl (C=O) groups is 1. The average molecular weight is 356 g/mol. The maximum absolute atomic E-state index is 12.7. The summed E-state index contributed by atoms with van der Waals surface area (Å²) in [5.74, 6) is 0.485. The molecule has 134 valence electrons. The molecule has 4 rings (SSSR count). The van der Waals surface area contributed by atoms with Crippen LogP contribution in [0.25, 0.3) is 11.1 Å². The summed E-state index contributed by atoms with van der Waals surface area (Å²) >= 11 is 0. The van der Waals surface area contributed by atoms with Crippen molar-refractivity contribution >= 4 is 22.7 Å². The summed E-state index contributed by atoms with van der Waals surface area (Å²) in [6, 6.07) is 21.4. The number of nitrogens with one attached hydrogen (secondary N) is 1. The van der Waals surface area contributed by atoms with Crippen molar-refractivity contribution in [2.75, 3.05) is 5.32 Å². The second-order valence-electron chi connectivity index (χ2n) is 6.67. The molecule has 0 aliphatic rings. The number of nitrogens with zero attached hydrogens (tertiary/aromatic N) is 1. The van der Waals surface area contributed by atoms with Gasteiger partial charge in [-0.2, -0.15) is 0 Å². The smallest absolute Gasteiger partial charge is 0.255 e. The van der Waals surface area contributed by atoms with Gasteiger partial charge in [0.25, 0.3) is 5.91 Å². The number of oxazole rings is 1. The van der Waals surface area contributed by atoms with Gasteiger partial charge in [0.1, 0.15) is 5.52 Å². The first-order valence-electron chi connectivity index (χ1n) is 8.91. The monoisotopic (exact) mass is 356 g/mol. The molecule has 0 saturated heterocycles. The molecule has 0 atom stereocenters. The molecular formula is C23H20N2O2. The normalized spacial score (nSPS) is 10.9. The molecule has 0 unspecified atom stereocenters. The Balaban J connectivity index is 1.58. The van der Waals surface area contributed by atoms with Gasteiger partial charge in [0.2, 0.25) is 0 Å². The summed E-state index contributed by atoms with van der Waals surface area (Å²) in [7, 11) is 0. The highest BCUT2D eigenvalue weighted by Gasteiger charge is 2.13. The van der Waals surface area contributed by atoms with Crippen molar-refractivity contribution in [2.45, 2.75) is 20.3 Å². The van der Waals surface area contributed by atoms with Gasteiger partial charge in [-0.15, -0.1) is 0 Å². The van der Waals surface area contributed by atoms with Gasteiger partial charge >= 0.3 is 0 Å². The largest absolute Gasteiger partial charge is 0.440 e. The van der Waals surface area contributed by atoms with Crippen LogP contribution in [0.1, 0.15) is 32.9 Å². The van der Waals surface area contributed by atoms with Gasteiger partial charge in [0.05, 0.1) is 0 Å². The highest BCUT2D eigenvalue weighted by atomic mass is 16.3. The zero-order valence-electron chi connectivity index (χ0n) is 15.3. The number of rotatable bonds is 4. The number of amides is 1. The van der Waals surface area contributed by atoms with Crippen molar-refractivity contribution in [3.05, 3.63) is 94.9 Å². The molecule has 1 heterocycles. The Morgan fingerprint density at radius 2 is 1.70 bits per heavy atom. The molecule has 0 aliphatic heterocycles. The maximum atomic E-state index is 12.7. The van der Waals surface area contributed by atoms with E-state index in [0.717, 1.165) is 27.9 Å². The van der Waals surface area contributed by atoms with Crippen LogP contribution in [0.4, 0.5) is 5.69 Å². The summed E-state index contributed by atoms with van der Waals surface area (Å²) in [4.78, 5) is 17.2. The summed E-state index contributed by atoms with van der Waals surface area (Å²) in [6.45, 7) is 3.97. The molecule has 4 heteroatoms. The number of para-hydroxylation sites is 1. The third kappa shape index (κ3) is 3.60. The van der Waals surface area contributed by atoms with Gasteiger partial charge < -0.3 is 9.73 Å². The fourth-order valence-electron chi connectivity index (χ4n) is 3.16. The van der Waals surface area contributed by atoms with Crippen molar-refractivity contribution < 1.29 is 9.21 Å². The zero-order valence-corrected chi connectivity index (χ0v) is 15.3. The number of aryl methyl sites for hydroxylation is 2. The number of fused-ring (bicyclic) bond motifs is 1. The van der Waals surface area contributed by atoms with Crippen LogP contribution in [0.5, 0.6) is 0 Å². The first-order chi connectivity index (χ1) is 13.1. The standard InChI is InChI=1S/C23H20N2O2/c1-15-7-6-8-16(2)22(15)25-23(26)18-11-12-19-20(14-18)27-21(24-19)13-17-9-4-3-5-10-17/h3-12,14H,13H2,1-2H3,(H,25,26). The molecule has 1 N–H and O–H groups in total. The van der Waals surface area contributed by atoms with Crippen LogP contribution in [0, 0.1) is 13.8 Å². The minimum atomic E-state index is -0.157. The molecule has 0 aliphatic carbocycles. The molecule has 4 nitrogen and oxygen atoms in total. The predicted octanol–water partition coefficient (Wildman–Crippen LogP) is 5.29. The Bertz CT molecular complexity index is 1090. The minimum absolute atomic E-state index is 0.157. The highest BCUT2D eigenvalue weighted by molar-refractivity contribution is 6.06. The van der Waals surface area contributed by atoms with Gasteiger partial charge in [0, 0.05) is 17.7 Å². The summed E-state index contributed by atoms with van der Waals surface area (Å²) in [5, 5.41) is 3.01. The molecule has 0 saturated carbocycles. The third-order valence-corrected chi connectivity index (χ3v) is 4.61. The first-order valence-corrected chi connectivity index (χ1v) is 8.91. The molecule has 0 bridgehead atoms. The molecule has 1 amide bonds. The highest BCUT2D eigenvalue weighted by Crippen LogP contribution is 2.23. The van der Waals surface area contributed by atoms with Crippen LogP contribution < -0.4 is 5.32 Å². The van der Waals surface area contributed by atoms with Gasteiger partial charge in [-0.3, -0.25) is 4.79 Å². The van der Waals surface area contributed by atoms with Crippen molar-refractivity contribution in [1.82, 2.24) is 4.98 Å². The Morgan fingerprint density at radius 3 is 2.44 bits per heavy atom. The molecule has 0 radical (unpaired) electrons. The number of hydrogen-bond donors (Lipinski definition) is 1. The van der Waals surface area contributed by atoms with E-state index in [9.17, 15) is 4.79 Å². The summed E-state index contributed by atoms with van der Waals surface area (Å²) in [5.41, 5.74) is 5.98. The van der Waals surface area contributed by atoms with E-state index in [1.54, 1.807) is 12.1 Å². The number of carbonyl (C=O) groups excluding carboxylic acids is 1. The molecular weight excluding hydrogens is 336 g/mol. The molecule has 3 aromatic carbocycles. The van der Waals surface area contributed by atoms with E-state index >= 15 is 0 Å². The zero-order chi connectivity index (χ0) is 18.8. The van der Waals surface area contributed by atoms with Crippen LogP contribution in [-0.2, 0) is 6.42 Å². The van der Waals surface area contributed by atoms with E-state index in [4.69, 9.17) is 4.42 Å². The second kappa shape index (κ2) is 7.08. The van der Waals surface area contributed by atoms with Crippen molar-refractivity contribution in [3.63, 3.8) is 0 Å². The molecule has 1 aromatic heterocycles. The fourth-order valence-corrected chi connectivity index (χ4v) is 3.16. The van der Waals surface area contributed by atoms with E-state index in [0.29, 0.717) is 23.5 Å². The van der Waals surface area contributed by atoms with Crippen LogP contribution in [0.3, 0.4) is 0 Å². The lowest BCUT2D eigenvalue weighted by atomic mass is 10.1. The Kier molecular flexibility index (Phi) is 4.47. The van der Waals surface area contributed by atoms with Crippen molar-refractivity contribution in [2.24, 2.45) is 0 Å². The van der Waals surface area contributed by atoms with Crippen molar-refractivity contribution in [3.8, 4) is 0 Å². The molecule has 0 spiro atoms. The lowest BCUT2D eigenvalue weighted by molar-refractivity contribution is 0.102. The Morgan fingerprint density at radius 1 is 0.963 bits per heavy atom. The number of aromatic nitrogens is 1. The SMILES string of the molecule is Cc1cccc(C)c1NC(=O)c1ccc2nc(Cc3ccccc3)oc2c1. The second-order valence-corrected chi connectivity index (χ2v) is 6.67. The molecule has 27 heavy (non-hydrogen) atoms. The number of benzene rings is 3. The quantitative estimate of drug-likeness (QED) is 0.541. The fraction of sp³-hybridized carbons (Fsp3) is 0.130. The van der Waals surface area contributed by atoms with Crippen molar-refractivity contribution in [1.29, 1.82) is 0 Å². The predicted molar refractivity (Wildman–Crippen MR) is 107 cm³/mol. The summed E-state index contributed by atoms with van der Waals surface area (Å²) in [6.07, 6.45) is 0.624. The van der Waals surface area contributed by atoms with Gasteiger partial charge in [0.15, 0.2) is 11.5 Å². The topological polar surface area (TPSA) is 55.1 Å². The lowest BCUT2D eigenvalue weighted by Crippen LogP contribution is -2.13. The van der Waals surface area contributed by atoms with E-state index in [1.807, 2.05) is 68.4 Å². The van der Waals surface area contributed by atoms with E-state index < -0.39 is 0 Å². The van der Waals surface area contributed by atoms with E-state index in [-0.39, 0.29) is 5.91 Å². The first kappa shape index (κ1) is 17.0. The van der Waals surface area contributed by atoms with Crippen LogP contribution in [-0.4, -0.2) is 10.9 Å². The Hall–Kier alpha value is -3.40. The van der Waals surface area contributed by atoms with Crippen LogP contribution >= 0.6 is 0 Å². The third-order valence-electron chi connectivity index (χ3n) is 4.61. The number of hydrogen-bond acceptors (Lipinski definition) is 3. The molecule has 4 aromatic rings. The van der Waals surface area contributed by atoms with E-state index in [2.05, 4.69) is 10.3 Å². The maximum Gasteiger partial charge on any atom is 0.255 e. The lowest BCUT2D eigenvalue weighted by Gasteiger charge is -2.11. The van der Waals surface area contributed by atoms with Gasteiger partial charge in [-0.05, 0) is 48.7 Å². The van der Waals surface area contributed by atoms with Gasteiger partial charge in [-0.1, -0.05) is 48.5 Å². The number of anilines is 1. The molecule has 0 fully saturated rings. The van der Waals surface area contributed by atoms with Crippen LogP contribution in [0.15, 0.2) is 71.1 Å². The average Bonchev–Trinajstić information content (AvgIpc) is 3.07. The minimum Gasteiger partial charge on any atom is -0.440 e. The Labute approximate surface area is 157 Å². The van der Waals surface area contributed by atoms with Gasteiger partial charge in [-0.25, -0.2) is 4.98 Å². The van der Waals surface area contributed by atoms with Crippen LogP contribution in [0.2, 0.25) is 0 Å². The van der Waals surface area contributed by atoms with E-state index in [1.165, 1.54) is 0 Å². The summed E-state index contributed by atoms with van der Waals surface area (Å²) < 4.78 is 5.87.